The summed E-state index contributed by atoms with van der Waals surface area (Å²) in [5.41, 5.74) is -1.33. The minimum Gasteiger partial charge on any atom is -0.324 e. The monoisotopic (exact) mass is 502 g/mol. The number of nitro groups is 1. The summed E-state index contributed by atoms with van der Waals surface area (Å²) in [5, 5.41) is 16.1. The number of halogens is 5. The van der Waals surface area contributed by atoms with Crippen molar-refractivity contribution >= 4 is 40.6 Å². The van der Waals surface area contributed by atoms with Gasteiger partial charge in [0.15, 0.2) is 0 Å². The number of rotatable bonds is 8. The molecule has 0 saturated carbocycles. The molecule has 33 heavy (non-hydrogen) atoms. The number of alkyl halides is 4. The van der Waals surface area contributed by atoms with Gasteiger partial charge in [-0.3, -0.25) is 19.6 Å². The highest BCUT2D eigenvalue weighted by molar-refractivity contribution is 7.99. The molecule has 1 aromatic heterocycles. The van der Waals surface area contributed by atoms with Crippen molar-refractivity contribution in [1.29, 1.82) is 0 Å². The minimum absolute atomic E-state index is 0.0229. The molecule has 2 aromatic carbocycles. The smallest absolute Gasteiger partial charge is 0.283 e. The van der Waals surface area contributed by atoms with Gasteiger partial charge in [-0.2, -0.15) is 5.10 Å². The maximum atomic E-state index is 13.3. The fourth-order valence-corrected chi connectivity index (χ4v) is 4.05. The van der Waals surface area contributed by atoms with Gasteiger partial charge in [0, 0.05) is 27.6 Å². The summed E-state index contributed by atoms with van der Waals surface area (Å²) < 4.78 is 52.9. The van der Waals surface area contributed by atoms with Gasteiger partial charge in [0.1, 0.15) is 17.9 Å². The number of carbonyl (C=O) groups is 1. The Hall–Kier alpha value is -3.12. The first-order valence-electron chi connectivity index (χ1n) is 9.21. The van der Waals surface area contributed by atoms with Crippen LogP contribution in [0, 0.1) is 17.0 Å². The minimum atomic E-state index is -3.25. The number of benzene rings is 2. The molecule has 0 unspecified atom stereocenters. The second-order valence-electron chi connectivity index (χ2n) is 6.78. The Morgan fingerprint density at radius 1 is 1.15 bits per heavy atom. The fraction of sp³-hybridized carbons (Fsp3) is 0.200. The standard InChI is InChI=1S/C20H15ClF4N4O3S/c1-10-2-4-13(5-3-10)33-14-7-11(6-12(8-14)29(31)32)26-15(30)9-28-18(20(24)25)16(21)17(27-28)19(22)23/h2-8,19-20H,9H2,1H3,(H,26,30). The number of nitrogens with zero attached hydrogens (tertiary/aromatic N) is 3. The van der Waals surface area contributed by atoms with Crippen LogP contribution in [0.2, 0.25) is 5.02 Å². The summed E-state index contributed by atoms with van der Waals surface area (Å²) in [6.45, 7) is 1.06. The Morgan fingerprint density at radius 3 is 2.39 bits per heavy atom. The van der Waals surface area contributed by atoms with Crippen LogP contribution in [0.3, 0.4) is 0 Å². The van der Waals surface area contributed by atoms with Gasteiger partial charge in [0.05, 0.1) is 9.95 Å². The summed E-state index contributed by atoms with van der Waals surface area (Å²) in [4.78, 5) is 24.3. The molecule has 7 nitrogen and oxygen atoms in total. The van der Waals surface area contributed by atoms with Crippen LogP contribution in [0.15, 0.2) is 52.3 Å². The maximum Gasteiger partial charge on any atom is 0.283 e. The van der Waals surface area contributed by atoms with Crippen LogP contribution in [0.1, 0.15) is 29.8 Å². The Kier molecular flexibility index (Phi) is 7.59. The van der Waals surface area contributed by atoms with E-state index in [1.165, 1.54) is 23.9 Å². The van der Waals surface area contributed by atoms with Gasteiger partial charge in [-0.25, -0.2) is 17.6 Å². The van der Waals surface area contributed by atoms with Crippen molar-refractivity contribution in [2.75, 3.05) is 5.32 Å². The number of aromatic nitrogens is 2. The lowest BCUT2D eigenvalue weighted by Crippen LogP contribution is -2.21. The molecular weight excluding hydrogens is 488 g/mol. The molecule has 1 N–H and O–H groups in total. The van der Waals surface area contributed by atoms with Crippen LogP contribution in [0.5, 0.6) is 0 Å². The summed E-state index contributed by atoms with van der Waals surface area (Å²) in [5.74, 6) is -0.913. The molecule has 1 amide bonds. The number of nitro benzene ring substituents is 1. The quantitative estimate of drug-likeness (QED) is 0.218. The van der Waals surface area contributed by atoms with E-state index in [1.807, 2.05) is 31.2 Å². The molecule has 3 aromatic rings. The Balaban J connectivity index is 1.84. The number of nitrogens with one attached hydrogen (secondary N) is 1. The van der Waals surface area contributed by atoms with Crippen molar-refractivity contribution in [2.45, 2.75) is 36.1 Å². The third-order valence-electron chi connectivity index (χ3n) is 4.31. The Labute approximate surface area is 193 Å². The fourth-order valence-electron chi connectivity index (χ4n) is 2.84. The second-order valence-corrected chi connectivity index (χ2v) is 8.30. The third-order valence-corrected chi connectivity index (χ3v) is 5.67. The molecule has 0 aliphatic carbocycles. The van der Waals surface area contributed by atoms with E-state index in [9.17, 15) is 32.5 Å². The van der Waals surface area contributed by atoms with E-state index in [0.717, 1.165) is 16.5 Å². The highest BCUT2D eigenvalue weighted by Gasteiger charge is 2.28. The molecule has 13 heteroatoms. The Morgan fingerprint density at radius 2 is 1.82 bits per heavy atom. The Bertz CT molecular complexity index is 1190. The van der Waals surface area contributed by atoms with E-state index in [2.05, 4.69) is 10.4 Å². The van der Waals surface area contributed by atoms with E-state index < -0.39 is 46.6 Å². The normalized spacial score (nSPS) is 11.3. The number of carbonyl (C=O) groups excluding carboxylic acids is 1. The van der Waals surface area contributed by atoms with Crippen LogP contribution in [0.4, 0.5) is 28.9 Å². The van der Waals surface area contributed by atoms with E-state index in [4.69, 9.17) is 11.6 Å². The van der Waals surface area contributed by atoms with E-state index >= 15 is 0 Å². The maximum absolute atomic E-state index is 13.3. The molecule has 0 spiro atoms. The lowest BCUT2D eigenvalue weighted by molar-refractivity contribution is -0.385. The lowest BCUT2D eigenvalue weighted by Gasteiger charge is -2.10. The van der Waals surface area contributed by atoms with E-state index in [1.54, 1.807) is 0 Å². The number of non-ortho nitro benzene ring substituents is 1. The molecule has 0 saturated heterocycles. The lowest BCUT2D eigenvalue weighted by atomic mass is 10.2. The molecule has 3 rings (SSSR count). The predicted octanol–water partition coefficient (Wildman–Crippen LogP) is 6.42. The van der Waals surface area contributed by atoms with Gasteiger partial charge >= 0.3 is 0 Å². The summed E-state index contributed by atoms with van der Waals surface area (Å²) in [7, 11) is 0. The van der Waals surface area contributed by atoms with Crippen LogP contribution in [-0.4, -0.2) is 20.6 Å². The predicted molar refractivity (Wildman–Crippen MR) is 114 cm³/mol. The van der Waals surface area contributed by atoms with Gasteiger partial charge in [0.25, 0.3) is 18.5 Å². The first-order chi connectivity index (χ1) is 15.5. The number of aryl methyl sites for hydroxylation is 1. The van der Waals surface area contributed by atoms with Gasteiger partial charge < -0.3 is 5.32 Å². The largest absolute Gasteiger partial charge is 0.324 e. The first kappa shape index (κ1) is 24.5. The molecule has 0 bridgehead atoms. The van der Waals surface area contributed by atoms with Crippen LogP contribution in [-0.2, 0) is 11.3 Å². The average molecular weight is 503 g/mol. The van der Waals surface area contributed by atoms with Gasteiger partial charge in [-0.1, -0.05) is 41.1 Å². The molecule has 0 radical (unpaired) electrons. The number of amides is 1. The van der Waals surface area contributed by atoms with Crippen molar-refractivity contribution in [1.82, 2.24) is 9.78 Å². The van der Waals surface area contributed by atoms with Gasteiger partial charge in [-0.15, -0.1) is 0 Å². The van der Waals surface area contributed by atoms with Gasteiger partial charge in [-0.05, 0) is 25.1 Å². The topological polar surface area (TPSA) is 90.1 Å². The SMILES string of the molecule is Cc1ccc(Sc2cc(NC(=O)Cn3nc(C(F)F)c(Cl)c3C(F)F)cc([N+](=O)[O-])c2)cc1. The molecule has 0 fully saturated rings. The summed E-state index contributed by atoms with van der Waals surface area (Å²) >= 11 is 6.79. The molecule has 0 aliphatic heterocycles. The zero-order valence-corrected chi connectivity index (χ0v) is 18.3. The van der Waals surface area contributed by atoms with Crippen LogP contribution >= 0.6 is 23.4 Å². The molecule has 0 atom stereocenters. The zero-order valence-electron chi connectivity index (χ0n) is 16.8. The van der Waals surface area contributed by atoms with Crippen molar-refractivity contribution in [2.24, 2.45) is 0 Å². The second kappa shape index (κ2) is 10.2. The average Bonchev–Trinajstić information content (AvgIpc) is 3.05. The van der Waals surface area contributed by atoms with Crippen molar-refractivity contribution in [3.05, 3.63) is 74.6 Å². The van der Waals surface area contributed by atoms with Crippen molar-refractivity contribution < 1.29 is 27.3 Å². The van der Waals surface area contributed by atoms with Crippen molar-refractivity contribution in [3.8, 4) is 0 Å². The number of hydrogen-bond donors (Lipinski definition) is 1. The molecule has 0 aliphatic rings. The third kappa shape index (κ3) is 6.02. The van der Waals surface area contributed by atoms with Crippen LogP contribution < -0.4 is 5.32 Å². The number of anilines is 1. The van der Waals surface area contributed by atoms with Gasteiger partial charge in [0.2, 0.25) is 5.91 Å². The molecule has 174 valence electrons. The molecular formula is C20H15ClF4N4O3S. The highest BCUT2D eigenvalue weighted by Crippen LogP contribution is 2.35. The van der Waals surface area contributed by atoms with Crippen molar-refractivity contribution in [3.63, 3.8) is 0 Å². The summed E-state index contributed by atoms with van der Waals surface area (Å²) in [6.07, 6.45) is -6.46. The molecule has 1 heterocycles. The summed E-state index contributed by atoms with van der Waals surface area (Å²) in [6, 6.07) is 11.3. The number of hydrogen-bond acceptors (Lipinski definition) is 5. The first-order valence-corrected chi connectivity index (χ1v) is 10.4. The highest BCUT2D eigenvalue weighted by atomic mass is 35.5. The van der Waals surface area contributed by atoms with E-state index in [-0.39, 0.29) is 11.4 Å². The zero-order chi connectivity index (χ0) is 24.3. The van der Waals surface area contributed by atoms with E-state index in [0.29, 0.717) is 9.58 Å². The van der Waals surface area contributed by atoms with Crippen LogP contribution in [0.25, 0.3) is 0 Å².